The third kappa shape index (κ3) is 4.91. The van der Waals surface area contributed by atoms with E-state index in [1.807, 2.05) is 19.1 Å². The largest absolute Gasteiger partial charge is 0.494 e. The van der Waals surface area contributed by atoms with Gasteiger partial charge in [0, 0.05) is 18.2 Å². The summed E-state index contributed by atoms with van der Waals surface area (Å²) in [6.45, 7) is 4.13. The fourth-order valence-electron chi connectivity index (χ4n) is 3.87. The van der Waals surface area contributed by atoms with Gasteiger partial charge in [0.25, 0.3) is 0 Å². The van der Waals surface area contributed by atoms with Gasteiger partial charge in [-0.1, -0.05) is 12.1 Å². The first-order valence-corrected chi connectivity index (χ1v) is 10.1. The first-order valence-electron chi connectivity index (χ1n) is 10.1. The maximum atomic E-state index is 12.6. The van der Waals surface area contributed by atoms with Crippen LogP contribution >= 0.6 is 0 Å². The molecule has 3 amide bonds. The first-order chi connectivity index (χ1) is 14.4. The Bertz CT molecular complexity index is 828. The van der Waals surface area contributed by atoms with E-state index in [2.05, 4.69) is 15.5 Å². The Hall–Kier alpha value is -3.07. The summed E-state index contributed by atoms with van der Waals surface area (Å²) in [7, 11) is 1.32. The Morgan fingerprint density at radius 2 is 1.87 bits per heavy atom. The molecule has 0 spiro atoms. The van der Waals surface area contributed by atoms with Crippen molar-refractivity contribution in [1.82, 2.24) is 15.5 Å². The smallest absolute Gasteiger partial charge is 0.338 e. The molecule has 2 heterocycles. The molecule has 1 aromatic rings. The molecule has 2 aliphatic rings. The molecule has 3 rings (SSSR count). The van der Waals surface area contributed by atoms with E-state index in [-0.39, 0.29) is 17.9 Å². The molecule has 30 heavy (non-hydrogen) atoms. The van der Waals surface area contributed by atoms with Crippen LogP contribution in [0.5, 0.6) is 5.75 Å². The van der Waals surface area contributed by atoms with Crippen molar-refractivity contribution in [2.24, 2.45) is 11.7 Å². The summed E-state index contributed by atoms with van der Waals surface area (Å²) in [5.41, 5.74) is 7.01. The maximum absolute atomic E-state index is 12.6. The van der Waals surface area contributed by atoms with Crippen LogP contribution in [0.3, 0.4) is 0 Å². The van der Waals surface area contributed by atoms with E-state index in [1.54, 1.807) is 12.1 Å². The van der Waals surface area contributed by atoms with Crippen molar-refractivity contribution in [2.75, 3.05) is 33.4 Å². The highest BCUT2D eigenvalue weighted by molar-refractivity contribution is 5.95. The number of urea groups is 1. The van der Waals surface area contributed by atoms with Crippen LogP contribution in [0.1, 0.15) is 31.4 Å². The molecule has 1 atom stereocenters. The Morgan fingerprint density at radius 1 is 1.20 bits per heavy atom. The molecule has 0 radical (unpaired) electrons. The Kier molecular flexibility index (Phi) is 6.94. The first kappa shape index (κ1) is 21.6. The highest BCUT2D eigenvalue weighted by atomic mass is 16.5. The lowest BCUT2D eigenvalue weighted by Gasteiger charge is -2.34. The number of carbonyl (C=O) groups is 3. The quantitative estimate of drug-likeness (QED) is 0.571. The second-order valence-electron chi connectivity index (χ2n) is 7.37. The zero-order valence-electron chi connectivity index (χ0n) is 17.3. The Balaban J connectivity index is 1.86. The van der Waals surface area contributed by atoms with Crippen LogP contribution in [0, 0.1) is 5.92 Å². The molecule has 0 aromatic heterocycles. The minimum atomic E-state index is -0.639. The molecule has 1 fully saturated rings. The molecule has 0 saturated carbocycles. The van der Waals surface area contributed by atoms with Crippen LogP contribution in [-0.2, 0) is 14.3 Å². The number of esters is 1. The number of nitrogens with zero attached hydrogens (tertiary/aromatic N) is 1. The van der Waals surface area contributed by atoms with Gasteiger partial charge in [-0.2, -0.15) is 0 Å². The van der Waals surface area contributed by atoms with Crippen LogP contribution in [-0.4, -0.2) is 56.2 Å². The van der Waals surface area contributed by atoms with Gasteiger partial charge in [0.2, 0.25) is 5.91 Å². The van der Waals surface area contributed by atoms with Crippen LogP contribution in [0.4, 0.5) is 4.79 Å². The van der Waals surface area contributed by atoms with Crippen molar-refractivity contribution in [3.05, 3.63) is 41.1 Å². The van der Waals surface area contributed by atoms with E-state index in [1.165, 1.54) is 7.11 Å². The van der Waals surface area contributed by atoms with E-state index in [0.29, 0.717) is 56.1 Å². The number of carbonyl (C=O) groups excluding carboxylic acids is 3. The molecule has 1 aromatic carbocycles. The van der Waals surface area contributed by atoms with Crippen LogP contribution in [0.2, 0.25) is 0 Å². The van der Waals surface area contributed by atoms with Gasteiger partial charge < -0.3 is 25.8 Å². The third-order valence-electron chi connectivity index (χ3n) is 5.46. The summed E-state index contributed by atoms with van der Waals surface area (Å²) < 4.78 is 10.5. The number of benzene rings is 1. The van der Waals surface area contributed by atoms with E-state index in [4.69, 9.17) is 15.2 Å². The van der Waals surface area contributed by atoms with E-state index < -0.39 is 12.0 Å². The number of nitrogens with one attached hydrogen (secondary N) is 2. The van der Waals surface area contributed by atoms with Gasteiger partial charge in [0.1, 0.15) is 5.75 Å². The van der Waals surface area contributed by atoms with Gasteiger partial charge in [-0.3, -0.25) is 9.69 Å². The second-order valence-corrected chi connectivity index (χ2v) is 7.37. The second kappa shape index (κ2) is 9.62. The van der Waals surface area contributed by atoms with E-state index >= 15 is 0 Å². The molecular formula is C21H28N4O5. The van der Waals surface area contributed by atoms with Gasteiger partial charge in [0.15, 0.2) is 0 Å². The topological polar surface area (TPSA) is 123 Å². The minimum Gasteiger partial charge on any atom is -0.494 e. The average Bonchev–Trinajstić information content (AvgIpc) is 2.74. The third-order valence-corrected chi connectivity index (χ3v) is 5.46. The highest BCUT2D eigenvalue weighted by Crippen LogP contribution is 2.30. The standard InChI is InChI=1S/C21H28N4O5/c1-3-30-15-6-4-13(5-7-15)18-17(20(27)29-2)16(23-21(28)24-18)12-25-10-8-14(9-11-25)19(22)26/h4-7,14,18H,3,8-12H2,1-2H3,(H2,22,26)(H2,23,24,28). The van der Waals surface area contributed by atoms with E-state index in [0.717, 1.165) is 5.56 Å². The molecule has 9 heteroatoms. The zero-order valence-corrected chi connectivity index (χ0v) is 17.3. The molecular weight excluding hydrogens is 388 g/mol. The number of amides is 3. The lowest BCUT2D eigenvalue weighted by molar-refractivity contribution is -0.136. The number of likely N-dealkylation sites (tertiary alicyclic amines) is 1. The molecule has 162 valence electrons. The Morgan fingerprint density at radius 3 is 2.43 bits per heavy atom. The summed E-state index contributed by atoms with van der Waals surface area (Å²) >= 11 is 0. The summed E-state index contributed by atoms with van der Waals surface area (Å²) in [4.78, 5) is 38.5. The average molecular weight is 416 g/mol. The lowest BCUT2D eigenvalue weighted by Crippen LogP contribution is -2.49. The van der Waals surface area contributed by atoms with Crippen molar-refractivity contribution >= 4 is 17.9 Å². The number of methoxy groups -OCH3 is 1. The number of rotatable bonds is 7. The lowest BCUT2D eigenvalue weighted by atomic mass is 9.93. The van der Waals surface area contributed by atoms with Gasteiger partial charge in [-0.05, 0) is 50.6 Å². The summed E-state index contributed by atoms with van der Waals surface area (Å²) in [6.07, 6.45) is 1.31. The summed E-state index contributed by atoms with van der Waals surface area (Å²) in [5, 5.41) is 5.57. The summed E-state index contributed by atoms with van der Waals surface area (Å²) in [5.74, 6) is -0.213. The van der Waals surface area contributed by atoms with Gasteiger partial charge >= 0.3 is 12.0 Å². The van der Waals surface area contributed by atoms with E-state index in [9.17, 15) is 14.4 Å². The number of piperidine rings is 1. The maximum Gasteiger partial charge on any atom is 0.338 e. The van der Waals surface area contributed by atoms with Crippen LogP contribution < -0.4 is 21.1 Å². The van der Waals surface area contributed by atoms with Crippen molar-refractivity contribution in [3.8, 4) is 5.75 Å². The van der Waals surface area contributed by atoms with Crippen molar-refractivity contribution in [2.45, 2.75) is 25.8 Å². The SMILES string of the molecule is CCOc1ccc(C2NC(=O)NC(CN3CCC(C(N)=O)CC3)=C2C(=O)OC)cc1. The molecule has 4 N–H and O–H groups in total. The zero-order chi connectivity index (χ0) is 21.7. The number of nitrogens with two attached hydrogens (primary N) is 1. The van der Waals surface area contributed by atoms with Crippen molar-refractivity contribution in [1.29, 1.82) is 0 Å². The van der Waals surface area contributed by atoms with Crippen molar-refractivity contribution in [3.63, 3.8) is 0 Å². The predicted molar refractivity (Wildman–Crippen MR) is 109 cm³/mol. The molecule has 1 unspecified atom stereocenters. The number of hydrogen-bond acceptors (Lipinski definition) is 6. The predicted octanol–water partition coefficient (Wildman–Crippen LogP) is 1.06. The van der Waals surface area contributed by atoms with Crippen LogP contribution in [0.15, 0.2) is 35.5 Å². The van der Waals surface area contributed by atoms with Crippen molar-refractivity contribution < 1.29 is 23.9 Å². The normalized spacial score (nSPS) is 20.3. The fourth-order valence-corrected chi connectivity index (χ4v) is 3.87. The highest BCUT2D eigenvalue weighted by Gasteiger charge is 2.34. The molecule has 1 saturated heterocycles. The van der Waals surface area contributed by atoms with Gasteiger partial charge in [-0.25, -0.2) is 9.59 Å². The monoisotopic (exact) mass is 416 g/mol. The Labute approximate surface area is 175 Å². The fraction of sp³-hybridized carbons (Fsp3) is 0.476. The molecule has 9 nitrogen and oxygen atoms in total. The van der Waals surface area contributed by atoms with Gasteiger partial charge in [0.05, 0.1) is 25.3 Å². The molecule has 2 aliphatic heterocycles. The number of primary amides is 1. The molecule has 0 bridgehead atoms. The molecule has 0 aliphatic carbocycles. The van der Waals surface area contributed by atoms with Crippen LogP contribution in [0.25, 0.3) is 0 Å². The number of hydrogen-bond donors (Lipinski definition) is 3. The summed E-state index contributed by atoms with van der Waals surface area (Å²) in [6, 6.07) is 6.22. The number of ether oxygens (including phenoxy) is 2. The van der Waals surface area contributed by atoms with Gasteiger partial charge in [-0.15, -0.1) is 0 Å². The minimum absolute atomic E-state index is 0.130.